The van der Waals surface area contributed by atoms with E-state index in [1.54, 1.807) is 0 Å². The van der Waals surface area contributed by atoms with E-state index in [-0.39, 0.29) is 11.7 Å². The fourth-order valence-corrected chi connectivity index (χ4v) is 3.26. The summed E-state index contributed by atoms with van der Waals surface area (Å²) >= 11 is 0. The average molecular weight is 357 g/mol. The Balaban J connectivity index is 1.80. The van der Waals surface area contributed by atoms with Crippen LogP contribution in [0.2, 0.25) is 0 Å². The van der Waals surface area contributed by atoms with Crippen molar-refractivity contribution in [3.8, 4) is 0 Å². The SMILES string of the molecule is Cc1ccc(CCn2nc3n(c2=O)[C@H](C(=O)OC(C)(C)C)CCC3)cc1. The molecular formula is C20H27N3O3. The lowest BCUT2D eigenvalue weighted by Crippen LogP contribution is -2.38. The highest BCUT2D eigenvalue weighted by Crippen LogP contribution is 2.25. The van der Waals surface area contributed by atoms with Crippen molar-refractivity contribution in [3.05, 3.63) is 51.7 Å². The summed E-state index contributed by atoms with van der Waals surface area (Å²) in [5, 5.41) is 4.47. The second-order valence-electron chi connectivity index (χ2n) is 7.97. The minimum absolute atomic E-state index is 0.220. The lowest BCUT2D eigenvalue weighted by atomic mass is 10.0. The van der Waals surface area contributed by atoms with Crippen molar-refractivity contribution in [1.82, 2.24) is 14.3 Å². The predicted octanol–water partition coefficient (Wildman–Crippen LogP) is 2.82. The number of carbonyl (C=O) groups excluding carboxylic acids is 1. The van der Waals surface area contributed by atoms with Gasteiger partial charge in [0.2, 0.25) is 0 Å². The zero-order chi connectivity index (χ0) is 18.9. The summed E-state index contributed by atoms with van der Waals surface area (Å²) in [4.78, 5) is 25.4. The number of benzene rings is 1. The molecule has 0 aliphatic carbocycles. The van der Waals surface area contributed by atoms with E-state index in [0.717, 1.165) is 18.4 Å². The number of hydrogen-bond donors (Lipinski definition) is 0. The van der Waals surface area contributed by atoms with Gasteiger partial charge in [-0.15, -0.1) is 0 Å². The average Bonchev–Trinajstić information content (AvgIpc) is 2.89. The summed E-state index contributed by atoms with van der Waals surface area (Å²) in [5.41, 5.74) is 1.59. The van der Waals surface area contributed by atoms with Crippen molar-refractivity contribution < 1.29 is 9.53 Å². The molecule has 0 amide bonds. The molecule has 1 aliphatic rings. The van der Waals surface area contributed by atoms with Crippen LogP contribution in [0.25, 0.3) is 0 Å². The zero-order valence-electron chi connectivity index (χ0n) is 16.0. The number of nitrogens with zero attached hydrogens (tertiary/aromatic N) is 3. The lowest BCUT2D eigenvalue weighted by molar-refractivity contribution is -0.159. The molecule has 1 atom stereocenters. The highest BCUT2D eigenvalue weighted by molar-refractivity contribution is 5.74. The molecule has 0 saturated carbocycles. The molecule has 0 unspecified atom stereocenters. The molecule has 140 valence electrons. The highest BCUT2D eigenvalue weighted by atomic mass is 16.6. The summed E-state index contributed by atoms with van der Waals surface area (Å²) in [5.74, 6) is 0.333. The van der Waals surface area contributed by atoms with Crippen LogP contribution in [-0.4, -0.2) is 25.9 Å². The van der Waals surface area contributed by atoms with Gasteiger partial charge in [0, 0.05) is 6.42 Å². The topological polar surface area (TPSA) is 66.1 Å². The smallest absolute Gasteiger partial charge is 0.346 e. The number of rotatable bonds is 4. The Morgan fingerprint density at radius 1 is 1.27 bits per heavy atom. The maximum absolute atomic E-state index is 12.8. The molecule has 26 heavy (non-hydrogen) atoms. The Morgan fingerprint density at radius 3 is 2.62 bits per heavy atom. The van der Waals surface area contributed by atoms with Gasteiger partial charge in [-0.3, -0.25) is 4.57 Å². The minimum atomic E-state index is -0.571. The van der Waals surface area contributed by atoms with Gasteiger partial charge in [0.05, 0.1) is 6.54 Å². The van der Waals surface area contributed by atoms with Crippen LogP contribution in [0.3, 0.4) is 0 Å². The van der Waals surface area contributed by atoms with Crippen molar-refractivity contribution in [1.29, 1.82) is 0 Å². The molecule has 0 spiro atoms. The first-order chi connectivity index (χ1) is 12.2. The fourth-order valence-electron chi connectivity index (χ4n) is 3.26. The number of aryl methyl sites for hydroxylation is 4. The minimum Gasteiger partial charge on any atom is -0.458 e. The van der Waals surface area contributed by atoms with Crippen molar-refractivity contribution in [3.63, 3.8) is 0 Å². The first-order valence-electron chi connectivity index (χ1n) is 9.21. The third-order valence-corrected chi connectivity index (χ3v) is 4.54. The second kappa shape index (κ2) is 7.09. The Hall–Kier alpha value is -2.37. The molecule has 2 aromatic rings. The van der Waals surface area contributed by atoms with Gasteiger partial charge in [-0.25, -0.2) is 14.3 Å². The Morgan fingerprint density at radius 2 is 1.96 bits per heavy atom. The number of hydrogen-bond acceptors (Lipinski definition) is 4. The summed E-state index contributed by atoms with van der Waals surface area (Å²) in [6.07, 6.45) is 2.89. The Labute approximate surface area is 153 Å². The summed E-state index contributed by atoms with van der Waals surface area (Å²) in [6.45, 7) is 8.06. The molecule has 0 bridgehead atoms. The van der Waals surface area contributed by atoms with Crippen LogP contribution in [0, 0.1) is 6.92 Å². The maximum atomic E-state index is 12.8. The molecule has 3 rings (SSSR count). The quantitative estimate of drug-likeness (QED) is 0.789. The van der Waals surface area contributed by atoms with E-state index in [0.29, 0.717) is 25.2 Å². The number of aromatic nitrogens is 3. The fraction of sp³-hybridized carbons (Fsp3) is 0.550. The first-order valence-corrected chi connectivity index (χ1v) is 9.21. The molecule has 6 heteroatoms. The standard InChI is InChI=1S/C20H27N3O3/c1-14-8-10-15(11-9-14)12-13-22-19(25)23-16(6-5-7-17(23)21-22)18(24)26-20(2,3)4/h8-11,16H,5-7,12-13H2,1-4H3/t16-/m0/s1. The van der Waals surface area contributed by atoms with Crippen molar-refractivity contribution in [2.24, 2.45) is 0 Å². The number of esters is 1. The molecule has 0 fully saturated rings. The second-order valence-corrected chi connectivity index (χ2v) is 7.97. The number of fused-ring (bicyclic) bond motifs is 1. The molecule has 1 aromatic carbocycles. The van der Waals surface area contributed by atoms with E-state index in [1.165, 1.54) is 14.8 Å². The van der Waals surface area contributed by atoms with Crippen LogP contribution < -0.4 is 5.69 Å². The Kier molecular flexibility index (Phi) is 5.03. The van der Waals surface area contributed by atoms with Crippen LogP contribution >= 0.6 is 0 Å². The van der Waals surface area contributed by atoms with Crippen LogP contribution in [0.1, 0.15) is 56.6 Å². The van der Waals surface area contributed by atoms with Crippen LogP contribution in [-0.2, 0) is 28.9 Å². The summed E-state index contributed by atoms with van der Waals surface area (Å²) < 4.78 is 8.52. The largest absolute Gasteiger partial charge is 0.458 e. The zero-order valence-corrected chi connectivity index (χ0v) is 16.0. The highest BCUT2D eigenvalue weighted by Gasteiger charge is 2.33. The van der Waals surface area contributed by atoms with E-state index < -0.39 is 11.6 Å². The molecule has 1 aliphatic heterocycles. The van der Waals surface area contributed by atoms with Gasteiger partial charge in [-0.05, 0) is 52.5 Å². The van der Waals surface area contributed by atoms with Crippen molar-refractivity contribution >= 4 is 5.97 Å². The van der Waals surface area contributed by atoms with E-state index in [1.807, 2.05) is 20.8 Å². The lowest BCUT2D eigenvalue weighted by Gasteiger charge is -2.26. The maximum Gasteiger partial charge on any atom is 0.346 e. The summed E-state index contributed by atoms with van der Waals surface area (Å²) in [7, 11) is 0. The molecule has 0 saturated heterocycles. The van der Waals surface area contributed by atoms with Crippen LogP contribution in [0.5, 0.6) is 0 Å². The number of carbonyl (C=O) groups is 1. The molecule has 6 nitrogen and oxygen atoms in total. The van der Waals surface area contributed by atoms with E-state index >= 15 is 0 Å². The predicted molar refractivity (Wildman–Crippen MR) is 99.2 cm³/mol. The first kappa shape index (κ1) is 18.4. The van der Waals surface area contributed by atoms with Gasteiger partial charge in [0.1, 0.15) is 17.5 Å². The van der Waals surface area contributed by atoms with Gasteiger partial charge in [0.15, 0.2) is 0 Å². The van der Waals surface area contributed by atoms with E-state index in [4.69, 9.17) is 4.74 Å². The third kappa shape index (κ3) is 4.06. The van der Waals surface area contributed by atoms with Gasteiger partial charge in [-0.1, -0.05) is 29.8 Å². The van der Waals surface area contributed by atoms with Crippen LogP contribution in [0.15, 0.2) is 29.1 Å². The van der Waals surface area contributed by atoms with Crippen molar-refractivity contribution in [2.75, 3.05) is 0 Å². The molecule has 2 heterocycles. The Bertz CT molecular complexity index is 841. The van der Waals surface area contributed by atoms with Crippen LogP contribution in [0.4, 0.5) is 0 Å². The van der Waals surface area contributed by atoms with E-state index in [2.05, 4.69) is 36.3 Å². The molecular weight excluding hydrogens is 330 g/mol. The van der Waals surface area contributed by atoms with Gasteiger partial charge in [0.25, 0.3) is 0 Å². The number of ether oxygens (including phenoxy) is 1. The van der Waals surface area contributed by atoms with E-state index in [9.17, 15) is 9.59 Å². The van der Waals surface area contributed by atoms with Crippen molar-refractivity contribution in [2.45, 2.75) is 71.6 Å². The monoisotopic (exact) mass is 357 g/mol. The normalized spacial score (nSPS) is 17.0. The van der Waals surface area contributed by atoms with Gasteiger partial charge >= 0.3 is 11.7 Å². The molecule has 0 radical (unpaired) electrons. The third-order valence-electron chi connectivity index (χ3n) is 4.54. The summed E-state index contributed by atoms with van der Waals surface area (Å²) in [6, 6.07) is 7.70. The van der Waals surface area contributed by atoms with Gasteiger partial charge in [-0.2, -0.15) is 5.10 Å². The molecule has 1 aromatic heterocycles. The molecule has 0 N–H and O–H groups in total. The van der Waals surface area contributed by atoms with Gasteiger partial charge < -0.3 is 4.74 Å².